The molecular weight excluding hydrogens is 232 g/mol. The van der Waals surface area contributed by atoms with Crippen LogP contribution in [-0.2, 0) is 4.79 Å². The number of amides is 1. The monoisotopic (exact) mass is 254 g/mol. The largest absolute Gasteiger partial charge is 0.326 e. The zero-order chi connectivity index (χ0) is 12.9. The van der Waals surface area contributed by atoms with Crippen molar-refractivity contribution in [3.05, 3.63) is 0 Å². The SMILES string of the molecule is CCCCSC(C)C(=O)N(C)C1(C#N)CCC1. The third-order valence-electron chi connectivity index (χ3n) is 3.57. The molecule has 1 aliphatic carbocycles. The number of carbonyl (C=O) groups excluding carboxylic acids is 1. The molecule has 0 bridgehead atoms. The molecule has 0 aromatic rings. The van der Waals surface area contributed by atoms with Crippen LogP contribution in [0.15, 0.2) is 0 Å². The van der Waals surface area contributed by atoms with Gasteiger partial charge >= 0.3 is 0 Å². The van der Waals surface area contributed by atoms with Gasteiger partial charge in [-0.25, -0.2) is 0 Å². The number of nitriles is 1. The van der Waals surface area contributed by atoms with Gasteiger partial charge in [-0.05, 0) is 38.4 Å². The second-order valence-corrected chi connectivity index (χ2v) is 6.21. The lowest BCUT2D eigenvalue weighted by Gasteiger charge is -2.43. The van der Waals surface area contributed by atoms with Crippen molar-refractivity contribution in [2.24, 2.45) is 0 Å². The van der Waals surface area contributed by atoms with Crippen molar-refractivity contribution >= 4 is 17.7 Å². The first-order valence-corrected chi connectivity index (χ1v) is 7.43. The molecule has 0 aliphatic heterocycles. The van der Waals surface area contributed by atoms with Gasteiger partial charge in [0.2, 0.25) is 5.91 Å². The van der Waals surface area contributed by atoms with Crippen LogP contribution in [0, 0.1) is 11.3 Å². The zero-order valence-electron chi connectivity index (χ0n) is 11.0. The molecule has 0 aromatic heterocycles. The number of hydrogen-bond acceptors (Lipinski definition) is 3. The summed E-state index contributed by atoms with van der Waals surface area (Å²) < 4.78 is 0. The first-order chi connectivity index (χ1) is 8.07. The second kappa shape index (κ2) is 6.30. The van der Waals surface area contributed by atoms with Crippen LogP contribution in [0.2, 0.25) is 0 Å². The van der Waals surface area contributed by atoms with Gasteiger partial charge in [-0.3, -0.25) is 4.79 Å². The standard InChI is InChI=1S/C13H22N2OS/c1-4-5-9-17-11(2)12(16)15(3)13(10-14)7-6-8-13/h11H,4-9H2,1-3H3. The van der Waals surface area contributed by atoms with E-state index in [1.807, 2.05) is 6.92 Å². The van der Waals surface area contributed by atoms with E-state index in [0.29, 0.717) is 0 Å². The number of unbranched alkanes of at least 4 members (excludes halogenated alkanes) is 1. The van der Waals surface area contributed by atoms with Crippen LogP contribution in [0.4, 0.5) is 0 Å². The predicted octanol–water partition coefficient (Wildman–Crippen LogP) is 2.81. The molecule has 3 nitrogen and oxygen atoms in total. The van der Waals surface area contributed by atoms with Crippen LogP contribution in [0.1, 0.15) is 46.0 Å². The molecule has 1 saturated carbocycles. The molecule has 96 valence electrons. The van der Waals surface area contributed by atoms with Crippen molar-refractivity contribution < 1.29 is 4.79 Å². The Morgan fingerprint density at radius 1 is 1.59 bits per heavy atom. The lowest BCUT2D eigenvalue weighted by Crippen LogP contribution is -2.55. The van der Waals surface area contributed by atoms with E-state index in [1.165, 1.54) is 0 Å². The summed E-state index contributed by atoms with van der Waals surface area (Å²) in [5.74, 6) is 1.13. The summed E-state index contributed by atoms with van der Waals surface area (Å²) in [6.07, 6.45) is 5.03. The molecule has 1 unspecified atom stereocenters. The molecule has 1 fully saturated rings. The molecule has 0 spiro atoms. The van der Waals surface area contributed by atoms with Gasteiger partial charge in [0, 0.05) is 7.05 Å². The van der Waals surface area contributed by atoms with Crippen molar-refractivity contribution in [1.82, 2.24) is 4.90 Å². The Morgan fingerprint density at radius 2 is 2.24 bits per heavy atom. The third kappa shape index (κ3) is 3.16. The maximum atomic E-state index is 12.2. The lowest BCUT2D eigenvalue weighted by molar-refractivity contribution is -0.135. The smallest absolute Gasteiger partial charge is 0.236 e. The minimum absolute atomic E-state index is 0.0302. The Balaban J connectivity index is 2.48. The van der Waals surface area contributed by atoms with Gasteiger partial charge in [0.1, 0.15) is 5.54 Å². The highest BCUT2D eigenvalue weighted by atomic mass is 32.2. The topological polar surface area (TPSA) is 44.1 Å². The molecule has 1 aliphatic rings. The first kappa shape index (κ1) is 14.4. The van der Waals surface area contributed by atoms with Gasteiger partial charge in [-0.15, -0.1) is 11.8 Å². The Hall–Kier alpha value is -0.690. The third-order valence-corrected chi connectivity index (χ3v) is 4.80. The highest BCUT2D eigenvalue weighted by molar-refractivity contribution is 8.00. The molecule has 1 rings (SSSR count). The first-order valence-electron chi connectivity index (χ1n) is 6.38. The summed E-state index contributed by atoms with van der Waals surface area (Å²) >= 11 is 1.70. The number of carbonyl (C=O) groups is 1. The fourth-order valence-corrected chi connectivity index (χ4v) is 3.10. The van der Waals surface area contributed by atoms with Gasteiger partial charge in [-0.1, -0.05) is 13.3 Å². The van der Waals surface area contributed by atoms with Gasteiger partial charge in [0.05, 0.1) is 11.3 Å². The van der Waals surface area contributed by atoms with Crippen molar-refractivity contribution in [1.29, 1.82) is 5.26 Å². The van der Waals surface area contributed by atoms with Crippen LogP contribution in [-0.4, -0.2) is 34.4 Å². The molecule has 0 saturated heterocycles. The molecule has 0 N–H and O–H groups in total. The molecule has 0 radical (unpaired) electrons. The Labute approximate surface area is 109 Å². The van der Waals surface area contributed by atoms with Crippen LogP contribution in [0.25, 0.3) is 0 Å². The van der Waals surface area contributed by atoms with E-state index >= 15 is 0 Å². The van der Waals surface area contributed by atoms with Gasteiger partial charge in [0.25, 0.3) is 0 Å². The number of rotatable bonds is 6. The maximum Gasteiger partial charge on any atom is 0.236 e. The Kier molecular flexibility index (Phi) is 5.32. The van der Waals surface area contributed by atoms with Crippen LogP contribution < -0.4 is 0 Å². The Morgan fingerprint density at radius 3 is 2.65 bits per heavy atom. The van der Waals surface area contributed by atoms with E-state index < -0.39 is 5.54 Å². The average Bonchev–Trinajstić information content (AvgIpc) is 2.27. The summed E-state index contributed by atoms with van der Waals surface area (Å²) in [5.41, 5.74) is -0.503. The van der Waals surface area contributed by atoms with Crippen molar-refractivity contribution in [2.45, 2.75) is 56.7 Å². The summed E-state index contributed by atoms with van der Waals surface area (Å²) in [6, 6.07) is 2.31. The van der Waals surface area contributed by atoms with Crippen molar-refractivity contribution in [2.75, 3.05) is 12.8 Å². The highest BCUT2D eigenvalue weighted by Crippen LogP contribution is 2.37. The van der Waals surface area contributed by atoms with Crippen molar-refractivity contribution in [3.8, 4) is 6.07 Å². The molecule has 4 heteroatoms. The zero-order valence-corrected chi connectivity index (χ0v) is 11.8. The Bertz CT molecular complexity index is 307. The molecule has 1 amide bonds. The van der Waals surface area contributed by atoms with E-state index in [-0.39, 0.29) is 11.2 Å². The lowest BCUT2D eigenvalue weighted by atomic mass is 9.76. The number of thioether (sulfide) groups is 1. The summed E-state index contributed by atoms with van der Waals surface area (Å²) in [5, 5.41) is 9.17. The number of nitrogens with zero attached hydrogens (tertiary/aromatic N) is 2. The van der Waals surface area contributed by atoms with Gasteiger partial charge in [0.15, 0.2) is 0 Å². The second-order valence-electron chi connectivity index (χ2n) is 4.76. The van der Waals surface area contributed by atoms with Crippen LogP contribution in [0.3, 0.4) is 0 Å². The molecule has 17 heavy (non-hydrogen) atoms. The maximum absolute atomic E-state index is 12.2. The summed E-state index contributed by atoms with van der Waals surface area (Å²) in [4.78, 5) is 13.9. The van der Waals surface area contributed by atoms with Gasteiger partial charge in [-0.2, -0.15) is 5.26 Å². The quantitative estimate of drug-likeness (QED) is 0.685. The van der Waals surface area contributed by atoms with Gasteiger partial charge < -0.3 is 4.90 Å². The van der Waals surface area contributed by atoms with E-state index in [2.05, 4.69) is 13.0 Å². The summed E-state index contributed by atoms with van der Waals surface area (Å²) in [6.45, 7) is 4.10. The van der Waals surface area contributed by atoms with Crippen molar-refractivity contribution in [3.63, 3.8) is 0 Å². The van der Waals surface area contributed by atoms with E-state index in [1.54, 1.807) is 23.7 Å². The molecule has 1 atom stereocenters. The van der Waals surface area contributed by atoms with E-state index in [0.717, 1.165) is 37.9 Å². The number of hydrogen-bond donors (Lipinski definition) is 0. The summed E-state index contributed by atoms with van der Waals surface area (Å²) in [7, 11) is 1.78. The van der Waals surface area contributed by atoms with Crippen LogP contribution in [0.5, 0.6) is 0 Å². The molecule has 0 heterocycles. The highest BCUT2D eigenvalue weighted by Gasteiger charge is 2.44. The minimum Gasteiger partial charge on any atom is -0.326 e. The van der Waals surface area contributed by atoms with Crippen LogP contribution >= 0.6 is 11.8 Å². The average molecular weight is 254 g/mol. The fourth-order valence-electron chi connectivity index (χ4n) is 1.99. The minimum atomic E-state index is -0.503. The van der Waals surface area contributed by atoms with E-state index in [9.17, 15) is 10.1 Å². The molecule has 0 aromatic carbocycles. The fraction of sp³-hybridized carbons (Fsp3) is 0.846. The molecular formula is C13H22N2OS. The van der Waals surface area contributed by atoms with E-state index in [4.69, 9.17) is 0 Å². The normalized spacial score (nSPS) is 18.9. The predicted molar refractivity (Wildman–Crippen MR) is 71.8 cm³/mol.